The van der Waals surface area contributed by atoms with Crippen LogP contribution in [0.1, 0.15) is 19.3 Å². The van der Waals surface area contributed by atoms with Gasteiger partial charge in [-0.15, -0.1) is 0 Å². The number of amidine groups is 1. The van der Waals surface area contributed by atoms with Gasteiger partial charge in [-0.1, -0.05) is 0 Å². The van der Waals surface area contributed by atoms with E-state index in [1.54, 1.807) is 0 Å². The van der Waals surface area contributed by atoms with Gasteiger partial charge in [0.1, 0.15) is 0 Å². The second-order valence-electron chi connectivity index (χ2n) is 2.71. The van der Waals surface area contributed by atoms with Gasteiger partial charge in [-0.05, 0) is 19.3 Å². The van der Waals surface area contributed by atoms with Gasteiger partial charge < -0.3 is 10.5 Å². The van der Waals surface area contributed by atoms with Crippen molar-refractivity contribution in [1.29, 1.82) is 0 Å². The van der Waals surface area contributed by atoms with Gasteiger partial charge in [0.2, 0.25) is 0 Å². The lowest BCUT2D eigenvalue weighted by atomic mass is 9.79. The van der Waals surface area contributed by atoms with Crippen LogP contribution in [0, 0.1) is 0 Å². The Morgan fingerprint density at radius 2 is 2.30 bits per heavy atom. The molecule has 0 saturated heterocycles. The summed E-state index contributed by atoms with van der Waals surface area (Å²) in [5.74, 6) is 0.365. The predicted molar refractivity (Wildman–Crippen MR) is 34.7 cm³/mol. The van der Waals surface area contributed by atoms with Crippen molar-refractivity contribution in [2.45, 2.75) is 24.9 Å². The molecule has 0 aromatic heterocycles. The molecule has 1 heterocycles. The number of carbonyl (C=O) groups is 1. The Kier molecular flexibility index (Phi) is 0.859. The van der Waals surface area contributed by atoms with E-state index in [2.05, 4.69) is 4.99 Å². The highest BCUT2D eigenvalue weighted by molar-refractivity contribution is 6.02. The number of hydrogen-bond acceptors (Lipinski definition) is 3. The molecule has 4 heteroatoms. The Hall–Kier alpha value is -1.06. The van der Waals surface area contributed by atoms with Crippen molar-refractivity contribution in [2.24, 2.45) is 10.7 Å². The quantitative estimate of drug-likeness (QED) is 0.530. The second-order valence-corrected chi connectivity index (χ2v) is 2.71. The Morgan fingerprint density at radius 1 is 1.60 bits per heavy atom. The van der Waals surface area contributed by atoms with Crippen LogP contribution in [-0.4, -0.2) is 17.5 Å². The standard InChI is InChI=1S/C6H8N2O2/c7-4-6(2-1-3-6)10-5(9)8-4/h1-3H2,(H2,7,8,9). The summed E-state index contributed by atoms with van der Waals surface area (Å²) < 4.78 is 4.93. The van der Waals surface area contributed by atoms with E-state index in [0.29, 0.717) is 5.84 Å². The highest BCUT2D eigenvalue weighted by Crippen LogP contribution is 2.38. The molecule has 2 N–H and O–H groups in total. The van der Waals surface area contributed by atoms with E-state index in [9.17, 15) is 4.79 Å². The third-order valence-electron chi connectivity index (χ3n) is 2.12. The molecule has 0 aromatic carbocycles. The van der Waals surface area contributed by atoms with Gasteiger partial charge in [-0.3, -0.25) is 0 Å². The number of rotatable bonds is 0. The highest BCUT2D eigenvalue weighted by Gasteiger charge is 2.48. The zero-order valence-electron chi connectivity index (χ0n) is 5.46. The minimum absolute atomic E-state index is 0.365. The van der Waals surface area contributed by atoms with Gasteiger partial charge in [-0.2, -0.15) is 4.99 Å². The first kappa shape index (κ1) is 5.70. The van der Waals surface area contributed by atoms with Crippen molar-refractivity contribution in [3.63, 3.8) is 0 Å². The van der Waals surface area contributed by atoms with Gasteiger partial charge in [0.25, 0.3) is 0 Å². The van der Waals surface area contributed by atoms with Crippen molar-refractivity contribution in [3.8, 4) is 0 Å². The topological polar surface area (TPSA) is 64.7 Å². The number of hydrogen-bond donors (Lipinski definition) is 1. The van der Waals surface area contributed by atoms with E-state index in [0.717, 1.165) is 19.3 Å². The molecule has 4 nitrogen and oxygen atoms in total. The van der Waals surface area contributed by atoms with Crippen LogP contribution in [0.15, 0.2) is 4.99 Å². The zero-order valence-corrected chi connectivity index (χ0v) is 5.46. The lowest BCUT2D eigenvalue weighted by Gasteiger charge is -2.35. The van der Waals surface area contributed by atoms with Crippen molar-refractivity contribution in [3.05, 3.63) is 0 Å². The number of aliphatic imine (C=N–C) groups is 1. The van der Waals surface area contributed by atoms with Gasteiger partial charge in [0.05, 0.1) is 0 Å². The Bertz CT molecular complexity index is 218. The Labute approximate surface area is 58.1 Å². The average Bonchev–Trinajstić information content (AvgIpc) is 2.04. The van der Waals surface area contributed by atoms with Crippen molar-refractivity contribution in [1.82, 2.24) is 0 Å². The molecule has 1 fully saturated rings. The van der Waals surface area contributed by atoms with Crippen LogP contribution in [-0.2, 0) is 4.74 Å². The van der Waals surface area contributed by atoms with E-state index < -0.39 is 11.7 Å². The maximum Gasteiger partial charge on any atom is 0.436 e. The average molecular weight is 140 g/mol. The summed E-state index contributed by atoms with van der Waals surface area (Å²) >= 11 is 0. The molecule has 1 aliphatic heterocycles. The molecule has 0 unspecified atom stereocenters. The predicted octanol–water partition coefficient (Wildman–Crippen LogP) is 0.416. The molecule has 2 aliphatic rings. The Balaban J connectivity index is 2.27. The molecule has 54 valence electrons. The van der Waals surface area contributed by atoms with Crippen LogP contribution in [0.25, 0.3) is 0 Å². The third kappa shape index (κ3) is 0.509. The maximum atomic E-state index is 10.6. The minimum atomic E-state index is -0.530. The van der Waals surface area contributed by atoms with Crippen LogP contribution < -0.4 is 5.73 Å². The molecule has 0 bridgehead atoms. The monoisotopic (exact) mass is 140 g/mol. The van der Waals surface area contributed by atoms with Crippen molar-refractivity contribution >= 4 is 11.9 Å². The number of amides is 1. The lowest BCUT2D eigenvalue weighted by molar-refractivity contribution is 0.0244. The normalized spacial score (nSPS) is 27.6. The van der Waals surface area contributed by atoms with E-state index in [1.165, 1.54) is 0 Å². The first-order chi connectivity index (χ1) is 4.73. The van der Waals surface area contributed by atoms with E-state index in [-0.39, 0.29) is 0 Å². The molecular formula is C6H8N2O2. The molecule has 1 saturated carbocycles. The molecule has 0 aromatic rings. The first-order valence-corrected chi connectivity index (χ1v) is 3.31. The van der Waals surface area contributed by atoms with Gasteiger partial charge in [0.15, 0.2) is 11.4 Å². The molecule has 1 spiro atoms. The van der Waals surface area contributed by atoms with Crippen LogP contribution >= 0.6 is 0 Å². The van der Waals surface area contributed by atoms with E-state index in [4.69, 9.17) is 10.5 Å². The summed E-state index contributed by atoms with van der Waals surface area (Å²) in [4.78, 5) is 14.1. The van der Waals surface area contributed by atoms with Gasteiger partial charge >= 0.3 is 6.09 Å². The zero-order chi connectivity index (χ0) is 7.19. The second kappa shape index (κ2) is 1.51. The van der Waals surface area contributed by atoms with Crippen LogP contribution in [0.5, 0.6) is 0 Å². The number of nitrogens with two attached hydrogens (primary N) is 1. The minimum Gasteiger partial charge on any atom is -0.433 e. The van der Waals surface area contributed by atoms with Crippen LogP contribution in [0.3, 0.4) is 0 Å². The maximum absolute atomic E-state index is 10.6. The molecule has 0 atom stereocenters. The van der Waals surface area contributed by atoms with E-state index in [1.807, 2.05) is 0 Å². The highest BCUT2D eigenvalue weighted by atomic mass is 16.6. The molecule has 10 heavy (non-hydrogen) atoms. The molecule has 1 aliphatic carbocycles. The first-order valence-electron chi connectivity index (χ1n) is 3.31. The summed E-state index contributed by atoms with van der Waals surface area (Å²) in [6.45, 7) is 0. The number of nitrogens with zero attached hydrogens (tertiary/aromatic N) is 1. The summed E-state index contributed by atoms with van der Waals surface area (Å²) in [6.07, 6.45) is 2.23. The van der Waals surface area contributed by atoms with Gasteiger partial charge in [0, 0.05) is 0 Å². The Morgan fingerprint density at radius 3 is 2.50 bits per heavy atom. The third-order valence-corrected chi connectivity index (χ3v) is 2.12. The summed E-state index contributed by atoms with van der Waals surface area (Å²) in [5, 5.41) is 0. The lowest BCUT2D eigenvalue weighted by Crippen LogP contribution is -2.48. The smallest absolute Gasteiger partial charge is 0.433 e. The fraction of sp³-hybridized carbons (Fsp3) is 0.667. The van der Waals surface area contributed by atoms with Gasteiger partial charge in [-0.25, -0.2) is 4.79 Å². The molecule has 0 radical (unpaired) electrons. The van der Waals surface area contributed by atoms with E-state index >= 15 is 0 Å². The molecule has 1 amide bonds. The fourth-order valence-corrected chi connectivity index (χ4v) is 1.30. The number of ether oxygens (including phenoxy) is 1. The number of carbonyl (C=O) groups excluding carboxylic acids is 1. The molecule has 2 rings (SSSR count). The summed E-state index contributed by atoms with van der Waals surface area (Å²) in [5.41, 5.74) is 4.99. The van der Waals surface area contributed by atoms with Crippen LogP contribution in [0.4, 0.5) is 4.79 Å². The molecular weight excluding hydrogens is 132 g/mol. The largest absolute Gasteiger partial charge is 0.436 e. The SMILES string of the molecule is NC1=NC(=O)OC12CCC2. The summed E-state index contributed by atoms with van der Waals surface area (Å²) in [6, 6.07) is 0. The van der Waals surface area contributed by atoms with Crippen molar-refractivity contribution < 1.29 is 9.53 Å². The summed E-state index contributed by atoms with van der Waals surface area (Å²) in [7, 11) is 0. The van der Waals surface area contributed by atoms with Crippen LogP contribution in [0.2, 0.25) is 0 Å². The fourth-order valence-electron chi connectivity index (χ4n) is 1.30. The van der Waals surface area contributed by atoms with Crippen molar-refractivity contribution in [2.75, 3.05) is 0 Å².